The second-order valence-electron chi connectivity index (χ2n) is 5.81. The molecule has 1 aromatic rings. The summed E-state index contributed by atoms with van der Waals surface area (Å²) in [7, 11) is 0. The molecule has 3 rings (SSSR count). The van der Waals surface area contributed by atoms with Crippen LogP contribution in [0.2, 0.25) is 0 Å². The first-order valence-electron chi connectivity index (χ1n) is 7.01. The average molecular weight is 328 g/mol. The maximum Gasteiger partial charge on any atom is 0.137 e. The van der Waals surface area contributed by atoms with E-state index in [9.17, 15) is 9.50 Å². The van der Waals surface area contributed by atoms with Crippen LogP contribution in [0.5, 0.6) is 0 Å². The van der Waals surface area contributed by atoms with Gasteiger partial charge in [0.1, 0.15) is 5.82 Å². The van der Waals surface area contributed by atoms with Crippen LogP contribution in [0.1, 0.15) is 43.7 Å². The fraction of sp³-hybridized carbons (Fsp3) is 0.600. The number of hydrogen-bond acceptors (Lipinski definition) is 2. The van der Waals surface area contributed by atoms with Gasteiger partial charge in [0.25, 0.3) is 0 Å². The average Bonchev–Trinajstić information content (AvgIpc) is 2.40. The van der Waals surface area contributed by atoms with Crippen molar-refractivity contribution in [3.63, 3.8) is 0 Å². The molecule has 0 radical (unpaired) electrons. The molecule has 19 heavy (non-hydrogen) atoms. The molecule has 3 atom stereocenters. The molecule has 0 bridgehead atoms. The van der Waals surface area contributed by atoms with Gasteiger partial charge in [-0.2, -0.15) is 0 Å². The zero-order valence-electron chi connectivity index (χ0n) is 10.8. The van der Waals surface area contributed by atoms with Crippen LogP contribution in [0.25, 0.3) is 0 Å². The lowest BCUT2D eigenvalue weighted by molar-refractivity contribution is -0.0861. The Morgan fingerprint density at radius 1 is 1.32 bits per heavy atom. The number of piperidine rings is 1. The third kappa shape index (κ3) is 2.46. The molecular formula is C15H19BrFNO. The predicted octanol–water partition coefficient (Wildman–Crippen LogP) is 3.54. The van der Waals surface area contributed by atoms with Crippen LogP contribution in [-0.4, -0.2) is 17.3 Å². The van der Waals surface area contributed by atoms with Gasteiger partial charge in [0.15, 0.2) is 0 Å². The van der Waals surface area contributed by atoms with Crippen molar-refractivity contribution in [1.82, 2.24) is 5.32 Å². The molecule has 1 saturated carbocycles. The highest BCUT2D eigenvalue weighted by molar-refractivity contribution is 9.10. The highest BCUT2D eigenvalue weighted by Crippen LogP contribution is 2.45. The molecule has 2 N–H and O–H groups in total. The summed E-state index contributed by atoms with van der Waals surface area (Å²) in [6.07, 6.45) is 5.07. The van der Waals surface area contributed by atoms with Gasteiger partial charge >= 0.3 is 0 Å². The monoisotopic (exact) mass is 327 g/mol. The number of hydrogen-bond donors (Lipinski definition) is 2. The van der Waals surface area contributed by atoms with Crippen molar-refractivity contribution < 1.29 is 9.50 Å². The largest absolute Gasteiger partial charge is 0.389 e. The summed E-state index contributed by atoms with van der Waals surface area (Å²) in [5.41, 5.74) is 0.535. The zero-order chi connectivity index (χ0) is 13.5. The van der Waals surface area contributed by atoms with Crippen molar-refractivity contribution in [3.05, 3.63) is 34.1 Å². The van der Waals surface area contributed by atoms with Crippen LogP contribution in [0.4, 0.5) is 4.39 Å². The molecule has 1 aliphatic heterocycles. The molecule has 2 aliphatic rings. The number of rotatable bonds is 1. The molecule has 0 unspecified atom stereocenters. The number of aliphatic hydroxyl groups is 1. The SMILES string of the molecule is O[C@]12CCCC[C@@H]1[C@H](c1ccc(F)c(Br)c1)NCC2. The van der Waals surface area contributed by atoms with E-state index in [1.807, 2.05) is 12.1 Å². The summed E-state index contributed by atoms with van der Waals surface area (Å²) in [5, 5.41) is 14.3. The van der Waals surface area contributed by atoms with Gasteiger partial charge in [0, 0.05) is 12.0 Å². The number of nitrogens with one attached hydrogen (secondary N) is 1. The van der Waals surface area contributed by atoms with E-state index >= 15 is 0 Å². The van der Waals surface area contributed by atoms with Gasteiger partial charge in [0.05, 0.1) is 10.1 Å². The first-order chi connectivity index (χ1) is 9.10. The van der Waals surface area contributed by atoms with Gasteiger partial charge in [-0.3, -0.25) is 0 Å². The summed E-state index contributed by atoms with van der Waals surface area (Å²) >= 11 is 3.25. The van der Waals surface area contributed by atoms with Crippen molar-refractivity contribution in [2.24, 2.45) is 5.92 Å². The maximum absolute atomic E-state index is 13.4. The van der Waals surface area contributed by atoms with Crippen molar-refractivity contribution in [2.45, 2.75) is 43.7 Å². The van der Waals surface area contributed by atoms with E-state index < -0.39 is 5.60 Å². The van der Waals surface area contributed by atoms with E-state index in [1.54, 1.807) is 0 Å². The highest BCUT2D eigenvalue weighted by Gasteiger charge is 2.45. The number of halogens is 2. The fourth-order valence-corrected chi connectivity index (χ4v) is 4.08. The Morgan fingerprint density at radius 3 is 2.95 bits per heavy atom. The van der Waals surface area contributed by atoms with Crippen LogP contribution in [0, 0.1) is 11.7 Å². The lowest BCUT2D eigenvalue weighted by Gasteiger charge is -2.48. The summed E-state index contributed by atoms with van der Waals surface area (Å²) in [4.78, 5) is 0. The van der Waals surface area contributed by atoms with Gasteiger partial charge < -0.3 is 10.4 Å². The van der Waals surface area contributed by atoms with E-state index in [2.05, 4.69) is 21.2 Å². The quantitative estimate of drug-likeness (QED) is 0.826. The summed E-state index contributed by atoms with van der Waals surface area (Å²) < 4.78 is 13.9. The molecule has 0 aromatic heterocycles. The second-order valence-corrected chi connectivity index (χ2v) is 6.67. The molecule has 0 spiro atoms. The van der Waals surface area contributed by atoms with E-state index in [0.29, 0.717) is 4.47 Å². The summed E-state index contributed by atoms with van der Waals surface area (Å²) in [6, 6.07) is 5.30. The van der Waals surface area contributed by atoms with Crippen LogP contribution in [0.3, 0.4) is 0 Å². The Hall–Kier alpha value is -0.450. The number of fused-ring (bicyclic) bond motifs is 1. The molecule has 1 saturated heterocycles. The summed E-state index contributed by atoms with van der Waals surface area (Å²) in [5.74, 6) is 0.00539. The molecule has 104 valence electrons. The Bertz CT molecular complexity index is 477. The molecular weight excluding hydrogens is 309 g/mol. The smallest absolute Gasteiger partial charge is 0.137 e. The number of benzene rings is 1. The van der Waals surface area contributed by atoms with Crippen molar-refractivity contribution in [3.8, 4) is 0 Å². The minimum Gasteiger partial charge on any atom is -0.389 e. The Kier molecular flexibility index (Phi) is 3.67. The first-order valence-corrected chi connectivity index (χ1v) is 7.80. The molecule has 1 aromatic carbocycles. The lowest BCUT2D eigenvalue weighted by atomic mass is 9.67. The molecule has 4 heteroatoms. The Balaban J connectivity index is 1.92. The van der Waals surface area contributed by atoms with E-state index in [4.69, 9.17) is 0 Å². The van der Waals surface area contributed by atoms with E-state index in [0.717, 1.165) is 37.8 Å². The van der Waals surface area contributed by atoms with E-state index in [1.165, 1.54) is 12.5 Å². The van der Waals surface area contributed by atoms with Gasteiger partial charge in [-0.05, 0) is 59.4 Å². The van der Waals surface area contributed by atoms with E-state index in [-0.39, 0.29) is 17.8 Å². The van der Waals surface area contributed by atoms with Crippen LogP contribution in [-0.2, 0) is 0 Å². The lowest BCUT2D eigenvalue weighted by Crippen LogP contribution is -2.53. The molecule has 1 aliphatic carbocycles. The highest BCUT2D eigenvalue weighted by atomic mass is 79.9. The Labute approximate surface area is 121 Å². The topological polar surface area (TPSA) is 32.3 Å². The zero-order valence-corrected chi connectivity index (χ0v) is 12.4. The third-order valence-electron chi connectivity index (χ3n) is 4.69. The van der Waals surface area contributed by atoms with Gasteiger partial charge in [0.2, 0.25) is 0 Å². The molecule has 0 amide bonds. The third-order valence-corrected chi connectivity index (χ3v) is 5.30. The van der Waals surface area contributed by atoms with Crippen molar-refractivity contribution in [1.29, 1.82) is 0 Å². The molecule has 2 fully saturated rings. The van der Waals surface area contributed by atoms with Gasteiger partial charge in [-0.1, -0.05) is 18.9 Å². The first kappa shape index (κ1) is 13.5. The van der Waals surface area contributed by atoms with Crippen LogP contribution >= 0.6 is 15.9 Å². The van der Waals surface area contributed by atoms with Crippen molar-refractivity contribution >= 4 is 15.9 Å². The predicted molar refractivity (Wildman–Crippen MR) is 76.4 cm³/mol. The van der Waals surface area contributed by atoms with Gasteiger partial charge in [-0.25, -0.2) is 4.39 Å². The minimum absolute atomic E-state index is 0.135. The summed E-state index contributed by atoms with van der Waals surface area (Å²) in [6.45, 7) is 0.826. The Morgan fingerprint density at radius 2 is 2.16 bits per heavy atom. The fourth-order valence-electron chi connectivity index (χ4n) is 3.68. The van der Waals surface area contributed by atoms with Crippen molar-refractivity contribution in [2.75, 3.05) is 6.54 Å². The van der Waals surface area contributed by atoms with Crippen LogP contribution < -0.4 is 5.32 Å². The standard InChI is InChI=1S/C15H19BrFNO/c16-12-9-10(4-5-13(12)17)14-11-3-1-2-6-15(11,19)7-8-18-14/h4-5,9,11,14,18-19H,1-3,6-8H2/t11-,14+,15+/m1/s1. The maximum atomic E-state index is 13.4. The second kappa shape index (κ2) is 5.15. The minimum atomic E-state index is -0.533. The van der Waals surface area contributed by atoms with Gasteiger partial charge in [-0.15, -0.1) is 0 Å². The molecule has 1 heterocycles. The molecule has 2 nitrogen and oxygen atoms in total. The van der Waals surface area contributed by atoms with Crippen LogP contribution in [0.15, 0.2) is 22.7 Å². The normalized spacial score (nSPS) is 34.9.